The lowest BCUT2D eigenvalue weighted by Crippen LogP contribution is -2.47. The summed E-state index contributed by atoms with van der Waals surface area (Å²) >= 11 is 3.35. The first kappa shape index (κ1) is 27.1. The lowest BCUT2D eigenvalue weighted by molar-refractivity contribution is -0.138. The third-order valence-electron chi connectivity index (χ3n) is 8.11. The maximum atomic E-state index is 13.9. The topological polar surface area (TPSA) is 136 Å². The van der Waals surface area contributed by atoms with Gasteiger partial charge in [-0.3, -0.25) is 19.1 Å². The van der Waals surface area contributed by atoms with E-state index < -0.39 is 6.04 Å². The van der Waals surface area contributed by atoms with Gasteiger partial charge in [-0.1, -0.05) is 13.0 Å². The van der Waals surface area contributed by atoms with Crippen LogP contribution >= 0.6 is 15.9 Å². The normalized spacial score (nSPS) is 21.2. The molecular weight excluding hydrogens is 588 g/mol. The summed E-state index contributed by atoms with van der Waals surface area (Å²) < 4.78 is 2.15. The predicted octanol–water partition coefficient (Wildman–Crippen LogP) is 4.19. The molecule has 41 heavy (non-hydrogen) atoms. The van der Waals surface area contributed by atoms with E-state index in [4.69, 9.17) is 4.98 Å². The number of likely N-dealkylation sites (tertiary alicyclic amines) is 1. The molecular formula is C29H29BrN8O3. The van der Waals surface area contributed by atoms with Gasteiger partial charge in [-0.25, -0.2) is 19.9 Å². The molecule has 2 fully saturated rings. The number of pyridine rings is 2. The van der Waals surface area contributed by atoms with Crippen LogP contribution in [-0.4, -0.2) is 64.3 Å². The molecule has 2 aliphatic rings. The number of hydrogen-bond donors (Lipinski definition) is 1. The van der Waals surface area contributed by atoms with Crippen LogP contribution in [0.2, 0.25) is 0 Å². The number of halogens is 1. The highest BCUT2D eigenvalue weighted by Crippen LogP contribution is 2.59. The highest BCUT2D eigenvalue weighted by Gasteiger charge is 2.64. The highest BCUT2D eigenvalue weighted by atomic mass is 79.9. The van der Waals surface area contributed by atoms with Gasteiger partial charge in [0.25, 0.3) is 0 Å². The Morgan fingerprint density at radius 3 is 2.51 bits per heavy atom. The maximum absolute atomic E-state index is 13.9. The first-order chi connectivity index (χ1) is 19.4. The molecule has 6 rings (SSSR count). The zero-order valence-corrected chi connectivity index (χ0v) is 25.0. The van der Waals surface area contributed by atoms with Crippen LogP contribution in [0.5, 0.6) is 0 Å². The summed E-state index contributed by atoms with van der Waals surface area (Å²) in [5, 5.41) is 7.46. The Kier molecular flexibility index (Phi) is 6.48. The molecule has 11 nitrogen and oxygen atoms in total. The maximum Gasteiger partial charge on any atom is 0.248 e. The lowest BCUT2D eigenvalue weighted by atomic mass is 10.0. The fourth-order valence-electron chi connectivity index (χ4n) is 5.80. The van der Waals surface area contributed by atoms with Crippen LogP contribution in [0.1, 0.15) is 54.1 Å². The Bertz CT molecular complexity index is 1750. The molecule has 210 valence electrons. The lowest BCUT2D eigenvalue weighted by Gasteiger charge is -2.27. The molecule has 2 amide bonds. The minimum absolute atomic E-state index is 0.0243. The smallest absolute Gasteiger partial charge is 0.248 e. The number of amides is 2. The Morgan fingerprint density at radius 1 is 1.07 bits per heavy atom. The summed E-state index contributed by atoms with van der Waals surface area (Å²) in [6.45, 7) is 8.99. The van der Waals surface area contributed by atoms with Crippen molar-refractivity contribution in [2.24, 2.45) is 5.41 Å². The van der Waals surface area contributed by atoms with Gasteiger partial charge in [-0.2, -0.15) is 5.10 Å². The van der Waals surface area contributed by atoms with E-state index in [1.54, 1.807) is 28.9 Å². The predicted molar refractivity (Wildman–Crippen MR) is 155 cm³/mol. The van der Waals surface area contributed by atoms with Crippen LogP contribution in [-0.2, 0) is 16.1 Å². The molecule has 4 aromatic rings. The van der Waals surface area contributed by atoms with Gasteiger partial charge in [-0.15, -0.1) is 0 Å². The number of ketones is 1. The molecule has 1 N–H and O–H groups in total. The van der Waals surface area contributed by atoms with Crippen molar-refractivity contribution in [3.8, 4) is 11.3 Å². The highest BCUT2D eigenvalue weighted by molar-refractivity contribution is 9.10. The third-order valence-corrected chi connectivity index (χ3v) is 8.55. The molecule has 12 heteroatoms. The standard InChI is InChI=1S/C29H29BrN8O3/c1-14-6-7-22(30)34-27(14)35-28(41)20-9-29(5)10-21(29)38(20)23(40)13-37-26-15(2)8-19(18-11-31-17(4)32-12-18)33-25(26)24(36-37)16(3)39/h6-8,11-12,20-21H,9-10,13H2,1-5H3,(H,34,35,41)/t20-,21+,29-/m0/s1. The number of nitrogens with zero attached hydrogens (tertiary/aromatic N) is 7. The number of rotatable bonds is 6. The van der Waals surface area contributed by atoms with Gasteiger partial charge in [0.2, 0.25) is 11.8 Å². The van der Waals surface area contributed by atoms with Crippen molar-refractivity contribution in [2.75, 3.05) is 5.32 Å². The van der Waals surface area contributed by atoms with E-state index >= 15 is 0 Å². The number of carbonyl (C=O) groups excluding carboxylic acids is 3. The van der Waals surface area contributed by atoms with Crippen LogP contribution < -0.4 is 5.32 Å². The van der Waals surface area contributed by atoms with Crippen LogP contribution in [0.3, 0.4) is 0 Å². The van der Waals surface area contributed by atoms with Gasteiger partial charge in [-0.05, 0) is 78.2 Å². The van der Waals surface area contributed by atoms with E-state index in [0.717, 1.165) is 17.5 Å². The molecule has 0 bridgehead atoms. The molecule has 3 atom stereocenters. The third kappa shape index (κ3) is 4.79. The van der Waals surface area contributed by atoms with Gasteiger partial charge in [0.1, 0.15) is 34.3 Å². The minimum Gasteiger partial charge on any atom is -0.325 e. The average molecular weight is 618 g/mol. The molecule has 5 heterocycles. The first-order valence-corrected chi connectivity index (χ1v) is 14.2. The number of Topliss-reactive ketones (excluding diaryl/α,β-unsaturated/α-hetero) is 1. The molecule has 0 unspecified atom stereocenters. The monoisotopic (exact) mass is 616 g/mol. The molecule has 0 aromatic carbocycles. The quantitative estimate of drug-likeness (QED) is 0.251. The van der Waals surface area contributed by atoms with Gasteiger partial charge in [0, 0.05) is 30.9 Å². The van der Waals surface area contributed by atoms with E-state index in [1.807, 2.05) is 32.0 Å². The molecule has 1 aliphatic carbocycles. The SMILES string of the molecule is CC(=O)c1nn(CC(=O)N2[C@H](C(=O)Nc3nc(Br)ccc3C)C[C@@]3(C)C[C@@H]23)c2c(C)cc(-c3cnc(C)nc3)nc12. The van der Waals surface area contributed by atoms with Crippen LogP contribution in [0.25, 0.3) is 22.3 Å². The van der Waals surface area contributed by atoms with Crippen molar-refractivity contribution in [3.63, 3.8) is 0 Å². The summed E-state index contributed by atoms with van der Waals surface area (Å²) in [7, 11) is 0. The van der Waals surface area contributed by atoms with Crippen LogP contribution in [0, 0.1) is 26.2 Å². The summed E-state index contributed by atoms with van der Waals surface area (Å²) in [6, 6.07) is 4.90. The van der Waals surface area contributed by atoms with Gasteiger partial charge >= 0.3 is 0 Å². The molecule has 1 saturated carbocycles. The van der Waals surface area contributed by atoms with Crippen LogP contribution in [0.4, 0.5) is 5.82 Å². The number of aromatic nitrogens is 6. The summed E-state index contributed by atoms with van der Waals surface area (Å²) in [6.07, 6.45) is 4.79. The number of anilines is 1. The number of aryl methyl sites for hydroxylation is 3. The van der Waals surface area contributed by atoms with Gasteiger partial charge in [0.15, 0.2) is 11.5 Å². The molecule has 1 aliphatic heterocycles. The second-order valence-electron chi connectivity index (χ2n) is 11.3. The minimum atomic E-state index is -0.632. The molecule has 1 saturated heterocycles. The van der Waals surface area contributed by atoms with E-state index in [1.165, 1.54) is 6.92 Å². The Labute approximate surface area is 244 Å². The van der Waals surface area contributed by atoms with Crippen molar-refractivity contribution in [2.45, 2.75) is 66.1 Å². The van der Waals surface area contributed by atoms with Gasteiger partial charge < -0.3 is 10.2 Å². The van der Waals surface area contributed by atoms with E-state index in [-0.39, 0.29) is 41.3 Å². The Balaban J connectivity index is 1.32. The number of fused-ring (bicyclic) bond motifs is 2. The van der Waals surface area contributed by atoms with Crippen molar-refractivity contribution in [1.82, 2.24) is 34.6 Å². The Morgan fingerprint density at radius 2 is 1.80 bits per heavy atom. The van der Waals surface area contributed by atoms with E-state index in [0.29, 0.717) is 45.0 Å². The second kappa shape index (κ2) is 9.79. The average Bonchev–Trinajstić information content (AvgIpc) is 3.27. The summed E-state index contributed by atoms with van der Waals surface area (Å²) in [4.78, 5) is 59.3. The first-order valence-electron chi connectivity index (χ1n) is 13.4. The molecule has 0 radical (unpaired) electrons. The van der Waals surface area contributed by atoms with Crippen molar-refractivity contribution in [1.29, 1.82) is 0 Å². The number of piperidine rings is 1. The van der Waals surface area contributed by atoms with Crippen LogP contribution in [0.15, 0.2) is 35.2 Å². The molecule has 0 spiro atoms. The molecule has 4 aromatic heterocycles. The van der Waals surface area contributed by atoms with Crippen molar-refractivity contribution >= 4 is 50.4 Å². The Hall–Kier alpha value is -4.06. The number of nitrogens with one attached hydrogen (secondary N) is 1. The largest absolute Gasteiger partial charge is 0.325 e. The summed E-state index contributed by atoms with van der Waals surface area (Å²) in [5.74, 6) is 0.355. The van der Waals surface area contributed by atoms with Gasteiger partial charge in [0.05, 0.1) is 11.2 Å². The van der Waals surface area contributed by atoms with Crippen molar-refractivity contribution < 1.29 is 14.4 Å². The summed E-state index contributed by atoms with van der Waals surface area (Å²) in [5.41, 5.74) is 4.08. The van der Waals surface area contributed by atoms with E-state index in [2.05, 4.69) is 48.2 Å². The fraction of sp³-hybridized carbons (Fsp3) is 0.379. The fourth-order valence-corrected chi connectivity index (χ4v) is 6.11. The van der Waals surface area contributed by atoms with E-state index in [9.17, 15) is 14.4 Å². The number of carbonyl (C=O) groups is 3. The zero-order valence-electron chi connectivity index (χ0n) is 23.4. The zero-order chi connectivity index (χ0) is 29.2. The second-order valence-corrected chi connectivity index (χ2v) is 12.1. The van der Waals surface area contributed by atoms with Crippen molar-refractivity contribution in [3.05, 3.63) is 57.8 Å². The number of hydrogen-bond acceptors (Lipinski definition) is 8.